The number of urea groups is 1. The molecule has 1 aromatic heterocycles. The van der Waals surface area contributed by atoms with Crippen molar-refractivity contribution in [2.45, 2.75) is 56.8 Å². The Balaban J connectivity index is 2.16. The Morgan fingerprint density at radius 3 is 2.38 bits per heavy atom. The average Bonchev–Trinajstić information content (AvgIpc) is 3.19. The number of alkyl halides is 3. The summed E-state index contributed by atoms with van der Waals surface area (Å²) in [6, 6.07) is 5.31. The number of hydrogen-bond acceptors (Lipinski definition) is 3. The third kappa shape index (κ3) is 5.51. The van der Waals surface area contributed by atoms with Gasteiger partial charge in [-0.2, -0.15) is 13.2 Å². The van der Waals surface area contributed by atoms with Gasteiger partial charge in [-0.3, -0.25) is 9.78 Å². The van der Waals surface area contributed by atoms with Gasteiger partial charge < -0.3 is 15.7 Å². The van der Waals surface area contributed by atoms with E-state index in [1.54, 1.807) is 0 Å². The first-order valence-corrected chi connectivity index (χ1v) is 10.5. The van der Waals surface area contributed by atoms with Crippen molar-refractivity contribution in [3.8, 4) is 0 Å². The van der Waals surface area contributed by atoms with Crippen molar-refractivity contribution in [2.24, 2.45) is 0 Å². The van der Waals surface area contributed by atoms with E-state index in [9.17, 15) is 27.9 Å². The molecular weight excluding hydrogens is 447 g/mol. The summed E-state index contributed by atoms with van der Waals surface area (Å²) in [6.07, 6.45) is -0.657. The Kier molecular flexibility index (Phi) is 6.97. The van der Waals surface area contributed by atoms with Crippen LogP contribution in [0.5, 0.6) is 0 Å². The van der Waals surface area contributed by atoms with Gasteiger partial charge in [0, 0.05) is 12.2 Å². The molecule has 0 bridgehead atoms. The van der Waals surface area contributed by atoms with Gasteiger partial charge in [-0.25, -0.2) is 4.79 Å². The van der Waals surface area contributed by atoms with E-state index >= 15 is 0 Å². The number of aryl methyl sites for hydroxylation is 1. The summed E-state index contributed by atoms with van der Waals surface area (Å²) in [4.78, 5) is 28.9. The Morgan fingerprint density at radius 1 is 1.16 bits per heavy atom. The minimum atomic E-state index is -4.66. The van der Waals surface area contributed by atoms with Gasteiger partial charge in [-0.15, -0.1) is 0 Å². The summed E-state index contributed by atoms with van der Waals surface area (Å²) >= 11 is 5.92. The van der Waals surface area contributed by atoms with Gasteiger partial charge >= 0.3 is 18.2 Å². The van der Waals surface area contributed by atoms with Crippen LogP contribution in [0.2, 0.25) is 5.02 Å². The molecule has 3 rings (SSSR count). The zero-order valence-corrected chi connectivity index (χ0v) is 18.1. The van der Waals surface area contributed by atoms with Crippen LogP contribution in [0.15, 0.2) is 36.5 Å². The number of amides is 2. The number of carbonyl (C=O) groups excluding carboxylic acids is 1. The molecule has 0 saturated heterocycles. The van der Waals surface area contributed by atoms with Gasteiger partial charge in [0.2, 0.25) is 0 Å². The summed E-state index contributed by atoms with van der Waals surface area (Å²) in [5, 5.41) is 15.4. The third-order valence-corrected chi connectivity index (χ3v) is 5.72. The Hall–Kier alpha value is -2.81. The fourth-order valence-corrected chi connectivity index (χ4v) is 4.17. The van der Waals surface area contributed by atoms with E-state index in [0.717, 1.165) is 37.8 Å². The number of carboxylic acid groups (broad SMARTS) is 1. The molecule has 2 aromatic rings. The maximum atomic E-state index is 13.5. The maximum Gasteiger partial charge on any atom is 0.416 e. The largest absolute Gasteiger partial charge is 0.481 e. The van der Waals surface area contributed by atoms with Gasteiger partial charge in [0.15, 0.2) is 0 Å². The molecule has 0 radical (unpaired) electrons. The lowest BCUT2D eigenvalue weighted by atomic mass is 9.81. The SMILES string of the molecule is Cc1cc(C(F)(F)F)cc([C@](CC(=O)O)(NC(=O)NC2CCCC2)c2ccc(Cl)cn2)c1. The number of carbonyl (C=O) groups is 2. The first-order valence-electron chi connectivity index (χ1n) is 10.1. The van der Waals surface area contributed by atoms with Crippen molar-refractivity contribution >= 4 is 23.6 Å². The monoisotopic (exact) mass is 469 g/mol. The van der Waals surface area contributed by atoms with Crippen molar-refractivity contribution < 1.29 is 27.9 Å². The first-order chi connectivity index (χ1) is 15.0. The first kappa shape index (κ1) is 23.8. The topological polar surface area (TPSA) is 91.3 Å². The molecule has 1 aliphatic carbocycles. The van der Waals surface area contributed by atoms with Crippen LogP contribution in [0, 0.1) is 6.92 Å². The summed E-state index contributed by atoms with van der Waals surface area (Å²) in [5.74, 6) is -1.32. The van der Waals surface area contributed by atoms with Crippen LogP contribution in [0.3, 0.4) is 0 Å². The molecule has 1 atom stereocenters. The van der Waals surface area contributed by atoms with Crippen LogP contribution in [0.25, 0.3) is 0 Å². The van der Waals surface area contributed by atoms with E-state index in [2.05, 4.69) is 15.6 Å². The second-order valence-corrected chi connectivity index (χ2v) is 8.44. The molecule has 3 N–H and O–H groups in total. The van der Waals surface area contributed by atoms with Gasteiger partial charge in [0.25, 0.3) is 0 Å². The molecule has 0 aliphatic heterocycles. The van der Waals surface area contributed by atoms with E-state index in [1.807, 2.05) is 0 Å². The zero-order chi connectivity index (χ0) is 23.5. The highest BCUT2D eigenvalue weighted by molar-refractivity contribution is 6.30. The van der Waals surface area contributed by atoms with Gasteiger partial charge in [0.05, 0.1) is 22.7 Å². The highest BCUT2D eigenvalue weighted by atomic mass is 35.5. The number of hydrogen-bond donors (Lipinski definition) is 3. The molecule has 0 spiro atoms. The molecule has 0 unspecified atom stereocenters. The molecule has 1 aliphatic rings. The lowest BCUT2D eigenvalue weighted by Crippen LogP contribution is -2.54. The average molecular weight is 470 g/mol. The number of nitrogens with zero attached hydrogens (tertiary/aromatic N) is 1. The predicted octanol–water partition coefficient (Wildman–Crippen LogP) is 5.02. The van der Waals surface area contributed by atoms with E-state index in [-0.39, 0.29) is 27.9 Å². The van der Waals surface area contributed by atoms with Crippen LogP contribution in [-0.4, -0.2) is 28.1 Å². The molecule has 1 saturated carbocycles. The Morgan fingerprint density at radius 2 is 1.81 bits per heavy atom. The van der Waals surface area contributed by atoms with Crippen LogP contribution in [0.1, 0.15) is 54.5 Å². The van der Waals surface area contributed by atoms with E-state index in [4.69, 9.17) is 11.6 Å². The molecule has 1 aromatic carbocycles. The molecule has 2 amide bonds. The van der Waals surface area contributed by atoms with E-state index in [0.29, 0.717) is 0 Å². The normalized spacial score (nSPS) is 16.4. The number of aliphatic carboxylic acids is 1. The van der Waals surface area contributed by atoms with Gasteiger partial charge in [-0.05, 0) is 49.6 Å². The third-order valence-electron chi connectivity index (χ3n) is 5.50. The number of pyridine rings is 1. The smallest absolute Gasteiger partial charge is 0.416 e. The number of benzene rings is 1. The number of carboxylic acids is 1. The van der Waals surface area contributed by atoms with Crippen LogP contribution in [-0.2, 0) is 16.5 Å². The lowest BCUT2D eigenvalue weighted by Gasteiger charge is -2.35. The second kappa shape index (κ2) is 9.36. The maximum absolute atomic E-state index is 13.5. The van der Waals surface area contributed by atoms with Crippen LogP contribution in [0.4, 0.5) is 18.0 Å². The van der Waals surface area contributed by atoms with E-state index < -0.39 is 35.7 Å². The fourth-order valence-electron chi connectivity index (χ4n) is 4.05. The Bertz CT molecular complexity index is 992. The quantitative estimate of drug-likeness (QED) is 0.554. The highest BCUT2D eigenvalue weighted by Crippen LogP contribution is 2.38. The van der Waals surface area contributed by atoms with Crippen molar-refractivity contribution in [2.75, 3.05) is 0 Å². The van der Waals surface area contributed by atoms with Crippen LogP contribution >= 0.6 is 11.6 Å². The number of nitrogens with one attached hydrogen (secondary N) is 2. The van der Waals surface area contributed by atoms with Crippen molar-refractivity contribution in [3.63, 3.8) is 0 Å². The lowest BCUT2D eigenvalue weighted by molar-refractivity contribution is -0.138. The van der Waals surface area contributed by atoms with Crippen molar-refractivity contribution in [3.05, 3.63) is 63.9 Å². The number of halogens is 4. The molecule has 172 valence electrons. The number of aromatic nitrogens is 1. The fraction of sp³-hybridized carbons (Fsp3) is 0.409. The molecule has 6 nitrogen and oxygen atoms in total. The summed E-state index contributed by atoms with van der Waals surface area (Å²) in [7, 11) is 0. The van der Waals surface area contributed by atoms with Gasteiger partial charge in [0.1, 0.15) is 5.54 Å². The molecule has 10 heteroatoms. The number of rotatable bonds is 6. The summed E-state index contributed by atoms with van der Waals surface area (Å²) < 4.78 is 40.6. The molecule has 1 fully saturated rings. The predicted molar refractivity (Wildman–Crippen MR) is 112 cm³/mol. The zero-order valence-electron chi connectivity index (χ0n) is 17.3. The molecule has 32 heavy (non-hydrogen) atoms. The standard InChI is InChI=1S/C22H23ClF3N3O3/c1-13-8-14(10-15(9-13)22(24,25)26)21(11-19(30)31,18-7-6-16(23)12-27-18)29-20(32)28-17-4-2-3-5-17/h6-10,12,17H,2-5,11H2,1H3,(H,30,31)(H2,28,29,32)/t21-/m0/s1. The summed E-state index contributed by atoms with van der Waals surface area (Å²) in [5.41, 5.74) is -2.52. The van der Waals surface area contributed by atoms with E-state index in [1.165, 1.54) is 31.3 Å². The highest BCUT2D eigenvalue weighted by Gasteiger charge is 2.42. The van der Waals surface area contributed by atoms with Crippen LogP contribution < -0.4 is 10.6 Å². The minimum Gasteiger partial charge on any atom is -0.481 e. The Labute approximate surface area is 188 Å². The minimum absolute atomic E-state index is 0.0383. The second-order valence-electron chi connectivity index (χ2n) is 8.00. The summed E-state index contributed by atoms with van der Waals surface area (Å²) in [6.45, 7) is 1.47. The van der Waals surface area contributed by atoms with Crippen molar-refractivity contribution in [1.29, 1.82) is 0 Å². The van der Waals surface area contributed by atoms with Gasteiger partial charge in [-0.1, -0.05) is 36.1 Å². The van der Waals surface area contributed by atoms with Crippen molar-refractivity contribution in [1.82, 2.24) is 15.6 Å². The molecule has 1 heterocycles. The molecular formula is C22H23ClF3N3O3.